The van der Waals surface area contributed by atoms with Crippen LogP contribution in [0.3, 0.4) is 0 Å². The fraction of sp³-hybridized carbons (Fsp3) is 0.278. The number of halogens is 2. The zero-order valence-electron chi connectivity index (χ0n) is 14.7. The molecule has 140 valence electrons. The van der Waals surface area contributed by atoms with Crippen LogP contribution >= 0.6 is 0 Å². The molecule has 0 aliphatic rings. The van der Waals surface area contributed by atoms with E-state index in [-0.39, 0.29) is 18.7 Å². The molecule has 26 heavy (non-hydrogen) atoms. The van der Waals surface area contributed by atoms with E-state index in [4.69, 9.17) is 0 Å². The molecule has 0 bridgehead atoms. The van der Waals surface area contributed by atoms with Crippen molar-refractivity contribution >= 4 is 21.6 Å². The van der Waals surface area contributed by atoms with Crippen LogP contribution in [0.2, 0.25) is 0 Å². The normalized spacial score (nSPS) is 11.3. The van der Waals surface area contributed by atoms with Gasteiger partial charge in [0.05, 0.1) is 18.5 Å². The van der Waals surface area contributed by atoms with Gasteiger partial charge in [-0.2, -0.15) is 0 Å². The molecule has 2 rings (SSSR count). The number of benzene rings is 2. The van der Waals surface area contributed by atoms with Crippen molar-refractivity contribution < 1.29 is 22.0 Å². The molecule has 0 spiro atoms. The molecule has 0 fully saturated rings. The standard InChI is InChI=1S/C18H20F2N2O3S/c1-12-4-7-17(13(2)10-12)22(26(3,24)25)9-8-21-18(23)14-5-6-15(19)16(20)11-14/h4-7,10-11H,8-9H2,1-3H3,(H,21,23). The van der Waals surface area contributed by atoms with Crippen LogP contribution in [-0.2, 0) is 10.0 Å². The lowest BCUT2D eigenvalue weighted by Crippen LogP contribution is -2.38. The lowest BCUT2D eigenvalue weighted by atomic mass is 10.1. The van der Waals surface area contributed by atoms with E-state index in [9.17, 15) is 22.0 Å². The summed E-state index contributed by atoms with van der Waals surface area (Å²) < 4.78 is 51.6. The summed E-state index contributed by atoms with van der Waals surface area (Å²) in [6, 6.07) is 8.20. The first-order valence-electron chi connectivity index (χ1n) is 7.88. The highest BCUT2D eigenvalue weighted by Gasteiger charge is 2.19. The summed E-state index contributed by atoms with van der Waals surface area (Å²) in [6.07, 6.45) is 1.09. The van der Waals surface area contributed by atoms with E-state index in [1.165, 1.54) is 4.31 Å². The van der Waals surface area contributed by atoms with Gasteiger partial charge in [-0.3, -0.25) is 9.10 Å². The second-order valence-corrected chi connectivity index (χ2v) is 7.92. The highest BCUT2D eigenvalue weighted by atomic mass is 32.2. The minimum absolute atomic E-state index is 0.0121. The van der Waals surface area contributed by atoms with Crippen LogP contribution in [0.15, 0.2) is 36.4 Å². The van der Waals surface area contributed by atoms with Gasteiger partial charge in [0, 0.05) is 12.1 Å². The molecule has 0 aliphatic carbocycles. The van der Waals surface area contributed by atoms with E-state index in [0.717, 1.165) is 35.6 Å². The number of sulfonamides is 1. The van der Waals surface area contributed by atoms with Gasteiger partial charge in [-0.1, -0.05) is 17.7 Å². The van der Waals surface area contributed by atoms with Gasteiger partial charge < -0.3 is 5.32 Å². The molecule has 0 aromatic heterocycles. The summed E-state index contributed by atoms with van der Waals surface area (Å²) in [5.41, 5.74) is 2.29. The van der Waals surface area contributed by atoms with Crippen molar-refractivity contribution in [2.75, 3.05) is 23.7 Å². The molecular formula is C18H20F2N2O3S. The van der Waals surface area contributed by atoms with Crippen molar-refractivity contribution in [2.45, 2.75) is 13.8 Å². The zero-order chi connectivity index (χ0) is 19.5. The number of nitrogens with one attached hydrogen (secondary N) is 1. The molecule has 0 unspecified atom stereocenters. The lowest BCUT2D eigenvalue weighted by molar-refractivity contribution is 0.0954. The van der Waals surface area contributed by atoms with Gasteiger partial charge in [0.15, 0.2) is 11.6 Å². The Kier molecular flexibility index (Phi) is 5.97. The van der Waals surface area contributed by atoms with Crippen molar-refractivity contribution in [3.05, 3.63) is 64.7 Å². The Morgan fingerprint density at radius 1 is 1.08 bits per heavy atom. The fourth-order valence-corrected chi connectivity index (χ4v) is 3.55. The largest absolute Gasteiger partial charge is 0.350 e. The van der Waals surface area contributed by atoms with Crippen LogP contribution in [0.4, 0.5) is 14.5 Å². The molecular weight excluding hydrogens is 362 g/mol. The Hall–Kier alpha value is -2.48. The number of rotatable bonds is 6. The molecule has 0 heterocycles. The minimum Gasteiger partial charge on any atom is -0.350 e. The maximum absolute atomic E-state index is 13.2. The van der Waals surface area contributed by atoms with E-state index >= 15 is 0 Å². The number of nitrogens with zero attached hydrogens (tertiary/aromatic N) is 1. The highest BCUT2D eigenvalue weighted by molar-refractivity contribution is 7.92. The molecule has 0 atom stereocenters. The maximum Gasteiger partial charge on any atom is 0.251 e. The van der Waals surface area contributed by atoms with E-state index in [1.54, 1.807) is 19.1 Å². The monoisotopic (exact) mass is 382 g/mol. The fourth-order valence-electron chi connectivity index (χ4n) is 2.56. The van der Waals surface area contributed by atoms with Gasteiger partial charge in [0.25, 0.3) is 5.91 Å². The van der Waals surface area contributed by atoms with Crippen molar-refractivity contribution in [3.63, 3.8) is 0 Å². The Labute approximate surface area is 151 Å². The number of anilines is 1. The van der Waals surface area contributed by atoms with Gasteiger partial charge in [-0.05, 0) is 43.7 Å². The summed E-state index contributed by atoms with van der Waals surface area (Å²) in [7, 11) is -3.56. The SMILES string of the molecule is Cc1ccc(N(CCNC(=O)c2ccc(F)c(F)c2)S(C)(=O)=O)c(C)c1. The zero-order valence-corrected chi connectivity index (χ0v) is 15.5. The number of hydrogen-bond acceptors (Lipinski definition) is 3. The van der Waals surface area contributed by atoms with E-state index in [1.807, 2.05) is 13.0 Å². The van der Waals surface area contributed by atoms with Gasteiger partial charge in [0.1, 0.15) is 0 Å². The molecule has 0 radical (unpaired) electrons. The summed E-state index contributed by atoms with van der Waals surface area (Å²) in [5, 5.41) is 2.51. The number of hydrogen-bond donors (Lipinski definition) is 1. The van der Waals surface area contributed by atoms with Crippen LogP contribution in [-0.4, -0.2) is 33.7 Å². The molecule has 1 N–H and O–H groups in total. The summed E-state index contributed by atoms with van der Waals surface area (Å²) in [5.74, 6) is -2.77. The van der Waals surface area contributed by atoms with Crippen molar-refractivity contribution in [2.24, 2.45) is 0 Å². The van der Waals surface area contributed by atoms with Crippen molar-refractivity contribution in [1.29, 1.82) is 0 Å². The highest BCUT2D eigenvalue weighted by Crippen LogP contribution is 2.23. The predicted molar refractivity (Wildman–Crippen MR) is 96.8 cm³/mol. The Morgan fingerprint density at radius 2 is 1.77 bits per heavy atom. The van der Waals surface area contributed by atoms with Gasteiger partial charge in [-0.25, -0.2) is 17.2 Å². The molecule has 8 heteroatoms. The third kappa shape index (κ3) is 4.78. The van der Waals surface area contributed by atoms with Gasteiger partial charge in [0.2, 0.25) is 10.0 Å². The molecule has 0 aliphatic heterocycles. The Morgan fingerprint density at radius 3 is 2.35 bits per heavy atom. The molecule has 0 saturated heterocycles. The van der Waals surface area contributed by atoms with Crippen LogP contribution in [0.25, 0.3) is 0 Å². The van der Waals surface area contributed by atoms with Crippen molar-refractivity contribution in [3.8, 4) is 0 Å². The maximum atomic E-state index is 13.2. The molecule has 1 amide bonds. The third-order valence-corrected chi connectivity index (χ3v) is 4.98. The summed E-state index contributed by atoms with van der Waals surface area (Å²) in [6.45, 7) is 3.74. The van der Waals surface area contributed by atoms with Crippen LogP contribution in [0.5, 0.6) is 0 Å². The Balaban J connectivity index is 2.10. The van der Waals surface area contributed by atoms with Gasteiger partial charge >= 0.3 is 0 Å². The predicted octanol–water partition coefficient (Wildman–Crippen LogP) is 2.78. The second kappa shape index (κ2) is 7.82. The van der Waals surface area contributed by atoms with Crippen LogP contribution in [0.1, 0.15) is 21.5 Å². The smallest absolute Gasteiger partial charge is 0.251 e. The average Bonchev–Trinajstić information content (AvgIpc) is 2.54. The first kappa shape index (κ1) is 19.8. The molecule has 0 saturated carbocycles. The average molecular weight is 382 g/mol. The first-order valence-corrected chi connectivity index (χ1v) is 9.72. The lowest BCUT2D eigenvalue weighted by Gasteiger charge is -2.24. The Bertz CT molecular complexity index is 930. The number of carbonyl (C=O) groups is 1. The quantitative estimate of drug-likeness (QED) is 0.835. The van der Waals surface area contributed by atoms with E-state index < -0.39 is 27.6 Å². The van der Waals surface area contributed by atoms with Gasteiger partial charge in [-0.15, -0.1) is 0 Å². The summed E-state index contributed by atoms with van der Waals surface area (Å²) >= 11 is 0. The third-order valence-electron chi connectivity index (χ3n) is 3.80. The van der Waals surface area contributed by atoms with E-state index in [2.05, 4.69) is 5.32 Å². The van der Waals surface area contributed by atoms with Crippen LogP contribution in [0, 0.1) is 25.5 Å². The second-order valence-electron chi connectivity index (χ2n) is 6.01. The summed E-state index contributed by atoms with van der Waals surface area (Å²) in [4.78, 5) is 12.0. The number of amides is 1. The van der Waals surface area contributed by atoms with Crippen LogP contribution < -0.4 is 9.62 Å². The first-order chi connectivity index (χ1) is 12.1. The number of aryl methyl sites for hydroxylation is 2. The van der Waals surface area contributed by atoms with E-state index in [0.29, 0.717) is 5.69 Å². The molecule has 2 aromatic rings. The minimum atomic E-state index is -3.56. The molecule has 2 aromatic carbocycles. The van der Waals surface area contributed by atoms with Crippen molar-refractivity contribution in [1.82, 2.24) is 5.32 Å². The number of carbonyl (C=O) groups excluding carboxylic acids is 1. The molecule has 5 nitrogen and oxygen atoms in total. The topological polar surface area (TPSA) is 66.5 Å².